The molecule has 1 nitrogen and oxygen atoms in total. The van der Waals surface area contributed by atoms with Crippen LogP contribution in [0.1, 0.15) is 39.5 Å². The molecular weight excluding hydrogens is 122 g/mol. The second-order valence-corrected chi connectivity index (χ2v) is 3.38. The molecule has 0 unspecified atom stereocenters. The first kappa shape index (κ1) is 8.06. The van der Waals surface area contributed by atoms with E-state index in [0.29, 0.717) is 0 Å². The topological polar surface area (TPSA) is 3.24 Å². The lowest BCUT2D eigenvalue weighted by Crippen LogP contribution is -2.37. The summed E-state index contributed by atoms with van der Waals surface area (Å²) in [7, 11) is 0. The molecule has 0 radical (unpaired) electrons. The van der Waals surface area contributed by atoms with E-state index in [0.717, 1.165) is 6.04 Å². The van der Waals surface area contributed by atoms with Crippen molar-refractivity contribution < 1.29 is 0 Å². The minimum absolute atomic E-state index is 0.855. The fourth-order valence-electron chi connectivity index (χ4n) is 1.78. The summed E-state index contributed by atoms with van der Waals surface area (Å²) in [6, 6.07) is 0.855. The molecule has 0 amide bonds. The Morgan fingerprint density at radius 3 is 2.80 bits per heavy atom. The van der Waals surface area contributed by atoms with Gasteiger partial charge < -0.3 is 4.90 Å². The van der Waals surface area contributed by atoms with Crippen LogP contribution in [0.5, 0.6) is 0 Å². The molecule has 0 N–H and O–H groups in total. The Kier molecular flexibility index (Phi) is 3.20. The van der Waals surface area contributed by atoms with Crippen LogP contribution >= 0.6 is 0 Å². The summed E-state index contributed by atoms with van der Waals surface area (Å²) < 4.78 is 0. The van der Waals surface area contributed by atoms with Crippen molar-refractivity contribution in [3.05, 3.63) is 0 Å². The fourth-order valence-corrected chi connectivity index (χ4v) is 1.78. The Bertz CT molecular complexity index is 88.7. The van der Waals surface area contributed by atoms with Crippen LogP contribution in [0, 0.1) is 0 Å². The lowest BCUT2D eigenvalue weighted by molar-refractivity contribution is 0.161. The van der Waals surface area contributed by atoms with E-state index in [1.54, 1.807) is 0 Å². The van der Waals surface area contributed by atoms with Crippen molar-refractivity contribution in [3.8, 4) is 0 Å². The van der Waals surface area contributed by atoms with E-state index in [4.69, 9.17) is 0 Å². The minimum Gasteiger partial charge on any atom is -0.301 e. The number of rotatable bonds is 2. The molecule has 1 saturated heterocycles. The number of hydrogen-bond donors (Lipinski definition) is 0. The van der Waals surface area contributed by atoms with Crippen LogP contribution in [0.4, 0.5) is 0 Å². The highest BCUT2D eigenvalue weighted by Crippen LogP contribution is 2.15. The van der Waals surface area contributed by atoms with Crippen LogP contribution in [0.25, 0.3) is 0 Å². The Labute approximate surface area is 64.4 Å². The van der Waals surface area contributed by atoms with E-state index in [1.807, 2.05) is 0 Å². The monoisotopic (exact) mass is 141 g/mol. The van der Waals surface area contributed by atoms with E-state index in [2.05, 4.69) is 18.7 Å². The van der Waals surface area contributed by atoms with Gasteiger partial charge in [0.2, 0.25) is 0 Å². The molecular formula is C9H19N. The third kappa shape index (κ3) is 1.98. The first-order valence-corrected chi connectivity index (χ1v) is 4.58. The summed E-state index contributed by atoms with van der Waals surface area (Å²) in [4.78, 5) is 2.61. The van der Waals surface area contributed by atoms with Gasteiger partial charge in [-0.1, -0.05) is 13.3 Å². The maximum absolute atomic E-state index is 2.61. The van der Waals surface area contributed by atoms with Gasteiger partial charge in [0, 0.05) is 6.04 Å². The van der Waals surface area contributed by atoms with Gasteiger partial charge >= 0.3 is 0 Å². The van der Waals surface area contributed by atoms with Crippen molar-refractivity contribution in [2.75, 3.05) is 13.1 Å². The van der Waals surface area contributed by atoms with Crippen molar-refractivity contribution in [1.82, 2.24) is 4.90 Å². The van der Waals surface area contributed by atoms with Gasteiger partial charge in [0.1, 0.15) is 0 Å². The lowest BCUT2D eigenvalue weighted by atomic mass is 10.0. The smallest absolute Gasteiger partial charge is 0.00669 e. The van der Waals surface area contributed by atoms with Crippen LogP contribution < -0.4 is 0 Å². The van der Waals surface area contributed by atoms with Gasteiger partial charge in [-0.25, -0.2) is 0 Å². The largest absolute Gasteiger partial charge is 0.301 e. The molecule has 1 fully saturated rings. The minimum atomic E-state index is 0.855. The van der Waals surface area contributed by atoms with Gasteiger partial charge in [-0.05, 0) is 39.3 Å². The zero-order valence-electron chi connectivity index (χ0n) is 7.27. The van der Waals surface area contributed by atoms with Gasteiger partial charge in [-0.15, -0.1) is 0 Å². The summed E-state index contributed by atoms with van der Waals surface area (Å²) in [6.45, 7) is 7.27. The quantitative estimate of drug-likeness (QED) is 0.570. The van der Waals surface area contributed by atoms with E-state index in [-0.39, 0.29) is 0 Å². The first-order valence-electron chi connectivity index (χ1n) is 4.58. The molecule has 1 rings (SSSR count). The van der Waals surface area contributed by atoms with Crippen molar-refractivity contribution in [1.29, 1.82) is 0 Å². The van der Waals surface area contributed by atoms with Crippen LogP contribution in [-0.2, 0) is 0 Å². The van der Waals surface area contributed by atoms with E-state index >= 15 is 0 Å². The molecule has 0 bridgehead atoms. The Morgan fingerprint density at radius 1 is 1.40 bits per heavy atom. The van der Waals surface area contributed by atoms with E-state index in [1.165, 1.54) is 38.8 Å². The highest BCUT2D eigenvalue weighted by Gasteiger charge is 2.15. The third-order valence-corrected chi connectivity index (χ3v) is 2.45. The molecule has 0 aromatic rings. The molecule has 1 heterocycles. The summed E-state index contributed by atoms with van der Waals surface area (Å²) in [6.07, 6.45) is 5.59. The van der Waals surface area contributed by atoms with Gasteiger partial charge in [-0.3, -0.25) is 0 Å². The van der Waals surface area contributed by atoms with Crippen LogP contribution in [0.2, 0.25) is 0 Å². The summed E-state index contributed by atoms with van der Waals surface area (Å²) in [5.41, 5.74) is 0. The standard InChI is InChI=1S/C9H19N/c1-3-7-10-8-5-4-6-9(10)2/h9H,3-8H2,1-2H3/t9-/m1/s1. The Morgan fingerprint density at radius 2 is 2.20 bits per heavy atom. The number of piperidine rings is 1. The van der Waals surface area contributed by atoms with Gasteiger partial charge in [0.25, 0.3) is 0 Å². The predicted octanol–water partition coefficient (Wildman–Crippen LogP) is 2.27. The molecule has 1 heteroatoms. The average molecular weight is 141 g/mol. The summed E-state index contributed by atoms with van der Waals surface area (Å²) in [5.74, 6) is 0. The maximum Gasteiger partial charge on any atom is 0.00669 e. The highest BCUT2D eigenvalue weighted by molar-refractivity contribution is 4.71. The Balaban J connectivity index is 2.25. The van der Waals surface area contributed by atoms with Crippen LogP contribution in [-0.4, -0.2) is 24.0 Å². The second-order valence-electron chi connectivity index (χ2n) is 3.38. The molecule has 1 aliphatic heterocycles. The van der Waals surface area contributed by atoms with Crippen molar-refractivity contribution in [2.45, 2.75) is 45.6 Å². The summed E-state index contributed by atoms with van der Waals surface area (Å²) >= 11 is 0. The van der Waals surface area contributed by atoms with Crippen molar-refractivity contribution in [3.63, 3.8) is 0 Å². The molecule has 60 valence electrons. The van der Waals surface area contributed by atoms with Gasteiger partial charge in [0.15, 0.2) is 0 Å². The van der Waals surface area contributed by atoms with Crippen LogP contribution in [0.15, 0.2) is 0 Å². The van der Waals surface area contributed by atoms with Crippen molar-refractivity contribution >= 4 is 0 Å². The van der Waals surface area contributed by atoms with E-state index in [9.17, 15) is 0 Å². The molecule has 0 aromatic carbocycles. The SMILES string of the molecule is CCCN1CCCC[C@H]1C. The third-order valence-electron chi connectivity index (χ3n) is 2.45. The maximum atomic E-state index is 2.61. The first-order chi connectivity index (χ1) is 4.84. The number of nitrogens with zero attached hydrogens (tertiary/aromatic N) is 1. The zero-order valence-corrected chi connectivity index (χ0v) is 7.27. The zero-order chi connectivity index (χ0) is 7.40. The normalized spacial score (nSPS) is 28.8. The van der Waals surface area contributed by atoms with Crippen molar-refractivity contribution in [2.24, 2.45) is 0 Å². The molecule has 0 aromatic heterocycles. The molecule has 10 heavy (non-hydrogen) atoms. The molecule has 0 saturated carbocycles. The predicted molar refractivity (Wildman–Crippen MR) is 45.2 cm³/mol. The second kappa shape index (κ2) is 3.97. The molecule has 0 aliphatic carbocycles. The average Bonchev–Trinajstić information content (AvgIpc) is 1.94. The fraction of sp³-hybridized carbons (Fsp3) is 1.00. The highest BCUT2D eigenvalue weighted by atomic mass is 15.1. The van der Waals surface area contributed by atoms with Crippen LogP contribution in [0.3, 0.4) is 0 Å². The summed E-state index contributed by atoms with van der Waals surface area (Å²) in [5, 5.41) is 0. The van der Waals surface area contributed by atoms with Gasteiger partial charge in [0.05, 0.1) is 0 Å². The molecule has 0 spiro atoms. The van der Waals surface area contributed by atoms with E-state index < -0.39 is 0 Å². The van der Waals surface area contributed by atoms with Gasteiger partial charge in [-0.2, -0.15) is 0 Å². The Hall–Kier alpha value is -0.0400. The molecule has 1 aliphatic rings. The number of likely N-dealkylation sites (tertiary alicyclic amines) is 1. The molecule has 1 atom stereocenters. The lowest BCUT2D eigenvalue weighted by Gasteiger charge is -2.32. The number of hydrogen-bond acceptors (Lipinski definition) is 1.